The summed E-state index contributed by atoms with van der Waals surface area (Å²) in [4.78, 5) is 0.0109. The lowest BCUT2D eigenvalue weighted by molar-refractivity contribution is 0.488. The first-order chi connectivity index (χ1) is 7.80. The van der Waals surface area contributed by atoms with Crippen molar-refractivity contribution in [1.82, 2.24) is 4.31 Å². The van der Waals surface area contributed by atoms with Crippen LogP contribution in [0.4, 0.5) is 0 Å². The molecule has 0 atom stereocenters. The maximum Gasteiger partial charge on any atom is 0.244 e. The minimum Gasteiger partial charge on any atom is -0.207 e. The Kier molecular flexibility index (Phi) is 5.10. The lowest BCUT2D eigenvalue weighted by Crippen LogP contribution is -2.29. The van der Waals surface area contributed by atoms with E-state index in [1.807, 2.05) is 0 Å². The van der Waals surface area contributed by atoms with Gasteiger partial charge in [-0.25, -0.2) is 8.42 Å². The van der Waals surface area contributed by atoms with Crippen molar-refractivity contribution >= 4 is 44.8 Å². The van der Waals surface area contributed by atoms with Crippen molar-refractivity contribution in [2.24, 2.45) is 0 Å². The molecule has 0 radical (unpaired) electrons. The van der Waals surface area contributed by atoms with Gasteiger partial charge in [0.2, 0.25) is 10.0 Å². The molecule has 0 N–H and O–H groups in total. The van der Waals surface area contributed by atoms with Crippen LogP contribution in [-0.4, -0.2) is 32.2 Å². The van der Waals surface area contributed by atoms with Crippen molar-refractivity contribution in [2.75, 3.05) is 19.5 Å². The van der Waals surface area contributed by atoms with Crippen LogP contribution in [0.3, 0.4) is 0 Å². The smallest absolute Gasteiger partial charge is 0.207 e. The molecule has 1 rings (SSSR count). The normalized spacial score (nSPS) is 12.1. The van der Waals surface area contributed by atoms with Crippen molar-refractivity contribution in [3.05, 3.63) is 27.7 Å². The number of hydrogen-bond acceptors (Lipinski definition) is 2. The van der Waals surface area contributed by atoms with Crippen LogP contribution < -0.4 is 0 Å². The zero-order chi connectivity index (χ0) is 13.2. The van der Waals surface area contributed by atoms with Gasteiger partial charge in [-0.15, -0.1) is 11.6 Å². The summed E-state index contributed by atoms with van der Waals surface area (Å²) in [6.07, 6.45) is 0. The SMILES string of the molecule is Cc1cc(Cl)c(Cl)c(S(=O)(=O)N(C)CCCl)c1. The number of alkyl halides is 1. The molecular weight excluding hydrogens is 305 g/mol. The van der Waals surface area contributed by atoms with E-state index in [4.69, 9.17) is 34.8 Å². The number of benzene rings is 1. The number of hydrogen-bond donors (Lipinski definition) is 0. The van der Waals surface area contributed by atoms with Gasteiger partial charge in [0.25, 0.3) is 0 Å². The van der Waals surface area contributed by atoms with Crippen LogP contribution in [0.2, 0.25) is 10.0 Å². The molecule has 0 saturated heterocycles. The van der Waals surface area contributed by atoms with E-state index in [0.29, 0.717) is 0 Å². The Hall–Kier alpha value is -0.000000000000000139. The summed E-state index contributed by atoms with van der Waals surface area (Å²) < 4.78 is 25.5. The Morgan fingerprint density at radius 2 is 1.88 bits per heavy atom. The maximum atomic E-state index is 12.2. The van der Waals surface area contributed by atoms with Crippen molar-refractivity contribution in [1.29, 1.82) is 0 Å². The summed E-state index contributed by atoms with van der Waals surface area (Å²) in [7, 11) is -2.20. The van der Waals surface area contributed by atoms with Crippen molar-refractivity contribution in [3.63, 3.8) is 0 Å². The number of aryl methyl sites for hydroxylation is 1. The van der Waals surface area contributed by atoms with E-state index in [1.54, 1.807) is 13.0 Å². The van der Waals surface area contributed by atoms with Crippen LogP contribution in [0, 0.1) is 6.92 Å². The highest BCUT2D eigenvalue weighted by Gasteiger charge is 2.24. The van der Waals surface area contributed by atoms with Gasteiger partial charge in [-0.1, -0.05) is 23.2 Å². The van der Waals surface area contributed by atoms with Gasteiger partial charge in [-0.3, -0.25) is 0 Å². The second-order valence-electron chi connectivity index (χ2n) is 3.57. The van der Waals surface area contributed by atoms with Gasteiger partial charge in [0, 0.05) is 19.5 Å². The molecule has 0 bridgehead atoms. The van der Waals surface area contributed by atoms with Crippen LogP contribution in [0.25, 0.3) is 0 Å². The van der Waals surface area contributed by atoms with Crippen LogP contribution in [0.5, 0.6) is 0 Å². The summed E-state index contributed by atoms with van der Waals surface area (Å²) in [5.41, 5.74) is 0.734. The Morgan fingerprint density at radius 1 is 1.29 bits per heavy atom. The first-order valence-corrected chi connectivity index (χ1v) is 7.51. The van der Waals surface area contributed by atoms with Crippen LogP contribution in [0.1, 0.15) is 5.56 Å². The molecular formula is C10H12Cl3NO2S. The average Bonchev–Trinajstić information content (AvgIpc) is 2.23. The first-order valence-electron chi connectivity index (χ1n) is 4.78. The van der Waals surface area contributed by atoms with Crippen molar-refractivity contribution in [3.8, 4) is 0 Å². The van der Waals surface area contributed by atoms with Gasteiger partial charge < -0.3 is 0 Å². The molecule has 0 heterocycles. The van der Waals surface area contributed by atoms with Crippen LogP contribution >= 0.6 is 34.8 Å². The molecule has 7 heteroatoms. The largest absolute Gasteiger partial charge is 0.244 e. The molecule has 17 heavy (non-hydrogen) atoms. The van der Waals surface area contributed by atoms with E-state index in [2.05, 4.69) is 0 Å². The van der Waals surface area contributed by atoms with Crippen LogP contribution in [0.15, 0.2) is 17.0 Å². The lowest BCUT2D eigenvalue weighted by atomic mass is 10.2. The molecule has 0 amide bonds. The lowest BCUT2D eigenvalue weighted by Gasteiger charge is -2.17. The highest BCUT2D eigenvalue weighted by atomic mass is 35.5. The van der Waals surface area contributed by atoms with E-state index in [9.17, 15) is 8.42 Å². The maximum absolute atomic E-state index is 12.2. The minimum absolute atomic E-state index is 0.0109. The Morgan fingerprint density at radius 3 is 2.41 bits per heavy atom. The molecule has 96 valence electrons. The molecule has 0 aliphatic heterocycles. The topological polar surface area (TPSA) is 37.4 Å². The van der Waals surface area contributed by atoms with Crippen LogP contribution in [-0.2, 0) is 10.0 Å². The quantitative estimate of drug-likeness (QED) is 0.800. The van der Waals surface area contributed by atoms with E-state index in [0.717, 1.165) is 9.87 Å². The van der Waals surface area contributed by atoms with Gasteiger partial charge in [0.1, 0.15) is 4.90 Å². The molecule has 0 spiro atoms. The number of nitrogens with zero attached hydrogens (tertiary/aromatic N) is 1. The summed E-state index contributed by atoms with van der Waals surface area (Å²) in [5, 5.41) is 0.267. The predicted octanol–water partition coefficient (Wildman–Crippen LogP) is 3.16. The molecule has 0 aliphatic rings. The van der Waals surface area contributed by atoms with Crippen molar-refractivity contribution < 1.29 is 8.42 Å². The molecule has 1 aromatic carbocycles. The number of sulfonamides is 1. The third-order valence-corrected chi connectivity index (χ3v) is 5.19. The van der Waals surface area contributed by atoms with Gasteiger partial charge in [0.05, 0.1) is 10.0 Å². The molecule has 0 unspecified atom stereocenters. The van der Waals surface area contributed by atoms with E-state index in [1.165, 1.54) is 13.1 Å². The summed E-state index contributed by atoms with van der Waals surface area (Å²) in [6, 6.07) is 3.11. The van der Waals surface area contributed by atoms with Gasteiger partial charge >= 0.3 is 0 Å². The Balaban J connectivity index is 3.33. The summed E-state index contributed by atoms with van der Waals surface area (Å²) >= 11 is 17.3. The fourth-order valence-corrected chi connectivity index (χ4v) is 3.71. The molecule has 3 nitrogen and oxygen atoms in total. The molecule has 0 fully saturated rings. The highest BCUT2D eigenvalue weighted by molar-refractivity contribution is 7.89. The van der Waals surface area contributed by atoms with E-state index >= 15 is 0 Å². The summed E-state index contributed by atoms with van der Waals surface area (Å²) in [6.45, 7) is 1.97. The third-order valence-electron chi connectivity index (χ3n) is 2.23. The molecule has 1 aromatic rings. The van der Waals surface area contributed by atoms with Gasteiger partial charge in [-0.2, -0.15) is 4.31 Å². The fraction of sp³-hybridized carbons (Fsp3) is 0.400. The Labute approximate surface area is 116 Å². The average molecular weight is 317 g/mol. The minimum atomic E-state index is -3.64. The zero-order valence-corrected chi connectivity index (χ0v) is 12.5. The fourth-order valence-electron chi connectivity index (χ4n) is 1.29. The van der Waals surface area contributed by atoms with E-state index in [-0.39, 0.29) is 27.4 Å². The second-order valence-corrected chi connectivity index (χ2v) is 6.75. The van der Waals surface area contributed by atoms with Gasteiger partial charge in [0.15, 0.2) is 0 Å². The monoisotopic (exact) mass is 315 g/mol. The molecule has 0 aliphatic carbocycles. The molecule has 0 saturated carbocycles. The zero-order valence-electron chi connectivity index (χ0n) is 9.37. The van der Waals surface area contributed by atoms with Crippen molar-refractivity contribution in [2.45, 2.75) is 11.8 Å². The predicted molar refractivity (Wildman–Crippen MR) is 71.7 cm³/mol. The number of halogens is 3. The Bertz CT molecular complexity index is 517. The highest BCUT2D eigenvalue weighted by Crippen LogP contribution is 2.32. The second kappa shape index (κ2) is 5.76. The number of rotatable bonds is 4. The third kappa shape index (κ3) is 3.26. The van der Waals surface area contributed by atoms with Gasteiger partial charge in [-0.05, 0) is 24.6 Å². The summed E-state index contributed by atoms with van der Waals surface area (Å²) in [5.74, 6) is 0.215. The standard InChI is InChI=1S/C10H12Cl3NO2S/c1-7-5-8(12)10(13)9(6-7)17(15,16)14(2)4-3-11/h5-6H,3-4H2,1-2H3. The molecule has 0 aromatic heterocycles. The first kappa shape index (κ1) is 15.1. The van der Waals surface area contributed by atoms with E-state index < -0.39 is 10.0 Å².